The van der Waals surface area contributed by atoms with Gasteiger partial charge in [0.25, 0.3) is 0 Å². The summed E-state index contributed by atoms with van der Waals surface area (Å²) in [5.41, 5.74) is 2.82. The minimum atomic E-state index is -0.804. The van der Waals surface area contributed by atoms with Gasteiger partial charge in [-0.05, 0) is 66.0 Å². The van der Waals surface area contributed by atoms with Crippen LogP contribution in [0.15, 0.2) is 42.5 Å². The van der Waals surface area contributed by atoms with E-state index in [-0.39, 0.29) is 48.5 Å². The monoisotopic (exact) mass is 544 g/mol. The number of amides is 2. The van der Waals surface area contributed by atoms with Gasteiger partial charge in [0.2, 0.25) is 11.8 Å². The average Bonchev–Trinajstić information content (AvgIpc) is 2.94. The van der Waals surface area contributed by atoms with Gasteiger partial charge in [-0.1, -0.05) is 61.3 Å². The van der Waals surface area contributed by atoms with Crippen LogP contribution in [0.3, 0.4) is 0 Å². The predicted molar refractivity (Wildman–Crippen MR) is 145 cm³/mol. The molecule has 37 heavy (non-hydrogen) atoms. The van der Waals surface area contributed by atoms with Crippen molar-refractivity contribution in [2.24, 2.45) is 11.8 Å². The zero-order chi connectivity index (χ0) is 26.7. The number of carboxylic acids is 1. The molecule has 0 saturated carbocycles. The topological polar surface area (TPSA) is 77.9 Å². The van der Waals surface area contributed by atoms with Crippen molar-refractivity contribution < 1.29 is 19.5 Å². The van der Waals surface area contributed by atoms with Crippen molar-refractivity contribution in [2.45, 2.75) is 51.4 Å². The molecule has 0 spiro atoms. The van der Waals surface area contributed by atoms with E-state index < -0.39 is 5.97 Å². The summed E-state index contributed by atoms with van der Waals surface area (Å²) in [5.74, 6) is -1.21. The van der Waals surface area contributed by atoms with Gasteiger partial charge in [0.05, 0.1) is 12.5 Å². The lowest BCUT2D eigenvalue weighted by Crippen LogP contribution is -2.47. The summed E-state index contributed by atoms with van der Waals surface area (Å²) in [5, 5.41) is 10.3. The Labute approximate surface area is 228 Å². The summed E-state index contributed by atoms with van der Waals surface area (Å²) in [6.07, 6.45) is 2.11. The molecule has 0 aromatic heterocycles. The lowest BCUT2D eigenvalue weighted by molar-refractivity contribution is -0.143. The Kier molecular flexibility index (Phi) is 8.81. The molecule has 0 aliphatic carbocycles. The highest BCUT2D eigenvalue weighted by molar-refractivity contribution is 6.31. The van der Waals surface area contributed by atoms with Crippen LogP contribution in [0, 0.1) is 11.8 Å². The van der Waals surface area contributed by atoms with E-state index in [0.29, 0.717) is 48.9 Å². The number of hydrogen-bond acceptors (Lipinski definition) is 3. The highest BCUT2D eigenvalue weighted by Crippen LogP contribution is 2.42. The van der Waals surface area contributed by atoms with Crippen LogP contribution in [-0.2, 0) is 14.4 Å². The molecular formula is C29H34Cl2N2O4. The fourth-order valence-electron chi connectivity index (χ4n) is 5.69. The first-order valence-electron chi connectivity index (χ1n) is 13.0. The number of aliphatic carboxylic acids is 1. The van der Waals surface area contributed by atoms with Gasteiger partial charge in [-0.15, -0.1) is 0 Å². The maximum atomic E-state index is 14.0. The number of rotatable bonds is 7. The standard InChI is InChI=1S/C29H34Cl2N2O4/c1-18(2)13-24-21-8-7-20(30)15-23(21)25(22-5-3-4-6-26(22)31)16-33(29(24)37)17-27(34)32-11-9-19(10-12-32)14-28(35)36/h3-8,15,18-19,24-25H,9-14,16-17H2,1-2H3,(H,35,36)/t24-,25-/m1/s1. The smallest absolute Gasteiger partial charge is 0.303 e. The van der Waals surface area contributed by atoms with Gasteiger partial charge < -0.3 is 14.9 Å². The lowest BCUT2D eigenvalue weighted by Gasteiger charge is -2.34. The maximum absolute atomic E-state index is 14.0. The molecule has 0 radical (unpaired) electrons. The molecule has 2 amide bonds. The van der Waals surface area contributed by atoms with Crippen LogP contribution in [0.4, 0.5) is 0 Å². The van der Waals surface area contributed by atoms with Crippen molar-refractivity contribution in [3.63, 3.8) is 0 Å². The highest BCUT2D eigenvalue weighted by atomic mass is 35.5. The molecule has 1 fully saturated rings. The molecule has 1 N–H and O–H groups in total. The van der Waals surface area contributed by atoms with E-state index in [1.807, 2.05) is 42.5 Å². The Hall–Kier alpha value is -2.57. The molecule has 0 unspecified atom stereocenters. The number of carboxylic acid groups (broad SMARTS) is 1. The van der Waals surface area contributed by atoms with Crippen molar-refractivity contribution >= 4 is 41.0 Å². The van der Waals surface area contributed by atoms with E-state index in [0.717, 1.165) is 16.7 Å². The number of carbonyl (C=O) groups excluding carboxylic acids is 2. The number of piperidine rings is 1. The first-order valence-corrected chi connectivity index (χ1v) is 13.7. The number of likely N-dealkylation sites (tertiary alicyclic amines) is 1. The number of halogens is 2. The largest absolute Gasteiger partial charge is 0.481 e. The highest BCUT2D eigenvalue weighted by Gasteiger charge is 2.38. The number of hydrogen-bond donors (Lipinski definition) is 1. The SMILES string of the molecule is CC(C)C[C@H]1C(=O)N(CC(=O)N2CCC(CC(=O)O)CC2)C[C@H](c2ccccc2Cl)c2cc(Cl)ccc21. The summed E-state index contributed by atoms with van der Waals surface area (Å²) in [4.78, 5) is 41.9. The molecule has 1 saturated heterocycles. The van der Waals surface area contributed by atoms with Crippen LogP contribution in [0.25, 0.3) is 0 Å². The van der Waals surface area contributed by atoms with E-state index in [2.05, 4.69) is 13.8 Å². The molecule has 6 nitrogen and oxygen atoms in total. The molecule has 2 aliphatic heterocycles. The number of benzene rings is 2. The van der Waals surface area contributed by atoms with Crippen LogP contribution in [0.2, 0.25) is 10.0 Å². The number of carbonyl (C=O) groups is 3. The summed E-state index contributed by atoms with van der Waals surface area (Å²) >= 11 is 13.1. The summed E-state index contributed by atoms with van der Waals surface area (Å²) in [7, 11) is 0. The van der Waals surface area contributed by atoms with Crippen molar-refractivity contribution in [2.75, 3.05) is 26.2 Å². The Morgan fingerprint density at radius 3 is 2.38 bits per heavy atom. The van der Waals surface area contributed by atoms with Crippen LogP contribution in [0.5, 0.6) is 0 Å². The van der Waals surface area contributed by atoms with E-state index in [1.54, 1.807) is 9.80 Å². The van der Waals surface area contributed by atoms with Crippen molar-refractivity contribution in [1.29, 1.82) is 0 Å². The van der Waals surface area contributed by atoms with Crippen molar-refractivity contribution in [1.82, 2.24) is 9.80 Å². The quantitative estimate of drug-likeness (QED) is 0.477. The molecule has 0 bridgehead atoms. The molecule has 2 aliphatic rings. The molecule has 2 heterocycles. The second-order valence-electron chi connectivity index (χ2n) is 10.7. The maximum Gasteiger partial charge on any atom is 0.303 e. The fraction of sp³-hybridized carbons (Fsp3) is 0.483. The van der Waals surface area contributed by atoms with Gasteiger partial charge >= 0.3 is 5.97 Å². The first-order chi connectivity index (χ1) is 17.6. The molecule has 4 rings (SSSR count). The van der Waals surface area contributed by atoms with Crippen LogP contribution in [0.1, 0.15) is 68.1 Å². The Morgan fingerprint density at radius 2 is 1.73 bits per heavy atom. The van der Waals surface area contributed by atoms with Crippen LogP contribution < -0.4 is 0 Å². The molecule has 198 valence electrons. The third-order valence-electron chi connectivity index (χ3n) is 7.56. The average molecular weight is 546 g/mol. The van der Waals surface area contributed by atoms with Gasteiger partial charge in [-0.3, -0.25) is 14.4 Å². The lowest BCUT2D eigenvalue weighted by atomic mass is 9.82. The summed E-state index contributed by atoms with van der Waals surface area (Å²) in [6.45, 7) is 5.52. The fourth-order valence-corrected chi connectivity index (χ4v) is 6.14. The first kappa shape index (κ1) is 27.5. The van der Waals surface area contributed by atoms with Gasteiger partial charge in [0, 0.05) is 42.0 Å². The molecule has 2 atom stereocenters. The second-order valence-corrected chi connectivity index (χ2v) is 11.5. The van der Waals surface area contributed by atoms with Crippen molar-refractivity contribution in [3.8, 4) is 0 Å². The number of nitrogens with zero attached hydrogens (tertiary/aromatic N) is 2. The van der Waals surface area contributed by atoms with E-state index in [9.17, 15) is 14.4 Å². The molecule has 8 heteroatoms. The van der Waals surface area contributed by atoms with E-state index >= 15 is 0 Å². The van der Waals surface area contributed by atoms with Gasteiger partial charge in [-0.2, -0.15) is 0 Å². The van der Waals surface area contributed by atoms with Crippen molar-refractivity contribution in [3.05, 3.63) is 69.2 Å². The molecule has 2 aromatic carbocycles. The van der Waals surface area contributed by atoms with Gasteiger partial charge in [0.1, 0.15) is 0 Å². The zero-order valence-electron chi connectivity index (χ0n) is 21.3. The Bertz CT molecular complexity index is 1160. The normalized spacial score (nSPS) is 20.6. The van der Waals surface area contributed by atoms with E-state index in [1.165, 1.54) is 0 Å². The van der Waals surface area contributed by atoms with Gasteiger partial charge in [-0.25, -0.2) is 0 Å². The Balaban J connectivity index is 1.65. The number of fused-ring (bicyclic) bond motifs is 1. The molecule has 2 aromatic rings. The van der Waals surface area contributed by atoms with Crippen LogP contribution in [-0.4, -0.2) is 58.9 Å². The predicted octanol–water partition coefficient (Wildman–Crippen LogP) is 5.81. The van der Waals surface area contributed by atoms with Crippen LogP contribution >= 0.6 is 23.2 Å². The summed E-state index contributed by atoms with van der Waals surface area (Å²) in [6, 6.07) is 13.3. The molecular weight excluding hydrogens is 511 g/mol. The third-order valence-corrected chi connectivity index (χ3v) is 8.14. The second kappa shape index (κ2) is 11.9. The van der Waals surface area contributed by atoms with E-state index in [4.69, 9.17) is 28.3 Å². The minimum absolute atomic E-state index is 0.0142. The van der Waals surface area contributed by atoms with Gasteiger partial charge in [0.15, 0.2) is 0 Å². The third kappa shape index (κ3) is 6.47. The zero-order valence-corrected chi connectivity index (χ0v) is 22.8. The minimum Gasteiger partial charge on any atom is -0.481 e. The Morgan fingerprint density at radius 1 is 1.03 bits per heavy atom. The summed E-state index contributed by atoms with van der Waals surface area (Å²) < 4.78 is 0.